The van der Waals surface area contributed by atoms with Gasteiger partial charge in [0.1, 0.15) is 13.1 Å². The normalized spacial score (nSPS) is 20.8. The van der Waals surface area contributed by atoms with Crippen LogP contribution in [0.1, 0.15) is 19.3 Å². The molecule has 0 aromatic rings. The van der Waals surface area contributed by atoms with E-state index in [-0.39, 0.29) is 35.8 Å². The van der Waals surface area contributed by atoms with Gasteiger partial charge in [-0.15, -0.1) is 0 Å². The van der Waals surface area contributed by atoms with Gasteiger partial charge < -0.3 is 39.7 Å². The second-order valence-corrected chi connectivity index (χ2v) is 9.04. The fourth-order valence-corrected chi connectivity index (χ4v) is 4.56. The average molecular weight is 441 g/mol. The van der Waals surface area contributed by atoms with Crippen LogP contribution in [0.3, 0.4) is 0 Å². The van der Waals surface area contributed by atoms with Crippen LogP contribution in [-0.4, -0.2) is 91.0 Å². The molecular weight excluding hydrogens is 412 g/mol. The number of hydrogen-bond donors (Lipinski definition) is 0. The smallest absolute Gasteiger partial charge is 0.504 e. The molecule has 0 N–H and O–H groups in total. The monoisotopic (exact) mass is 440 g/mol. The molecule has 1 atom stereocenters. The maximum atomic E-state index is 12.0. The Labute approximate surface area is 161 Å². The van der Waals surface area contributed by atoms with E-state index >= 15 is 0 Å². The fraction of sp³-hybridized carbons (Fsp3) is 0.867. The standard InChI is InChI=1S/C15H29N2O6Si.BrH/c1-19-24(20-2,21-3)11-9-16-7-8-17(13-16)12-14(18)23-15-6-4-5-10-22-15;/h13,15H,4-12H2,1-3H3;1H/q+1;/p-1. The number of esters is 1. The summed E-state index contributed by atoms with van der Waals surface area (Å²) in [6, 6.07) is 0.696. The Hall–Kier alpha value is -0.523. The molecule has 0 aliphatic carbocycles. The van der Waals surface area contributed by atoms with Gasteiger partial charge in [0.15, 0.2) is 6.54 Å². The molecule has 2 heterocycles. The Bertz CT molecular complexity index is 435. The van der Waals surface area contributed by atoms with Crippen LogP contribution < -0.4 is 17.0 Å². The fourth-order valence-electron chi connectivity index (χ4n) is 2.88. The van der Waals surface area contributed by atoms with Crippen LogP contribution >= 0.6 is 0 Å². The molecule has 2 rings (SSSR count). The average Bonchev–Trinajstić information content (AvgIpc) is 3.05. The SMILES string of the molecule is CO[Si](CCN1C=[N+](CC(=O)OC2CCCCO2)CC1)(OC)OC.[Br-]. The highest BCUT2D eigenvalue weighted by Crippen LogP contribution is 2.15. The number of halogens is 1. The van der Waals surface area contributed by atoms with Crippen LogP contribution in [0, 0.1) is 0 Å². The van der Waals surface area contributed by atoms with E-state index in [0.29, 0.717) is 12.7 Å². The van der Waals surface area contributed by atoms with Crippen molar-refractivity contribution in [1.29, 1.82) is 0 Å². The predicted molar refractivity (Wildman–Crippen MR) is 88.9 cm³/mol. The minimum atomic E-state index is -2.56. The third kappa shape index (κ3) is 6.95. The zero-order chi connectivity index (χ0) is 17.4. The van der Waals surface area contributed by atoms with Gasteiger partial charge in [-0.1, -0.05) is 0 Å². The minimum absolute atomic E-state index is 0. The van der Waals surface area contributed by atoms with E-state index in [1.54, 1.807) is 21.3 Å². The predicted octanol–water partition coefficient (Wildman–Crippen LogP) is -2.71. The highest BCUT2D eigenvalue weighted by atomic mass is 79.9. The number of nitrogens with zero attached hydrogens (tertiary/aromatic N) is 2. The molecular formula is C15H29BrN2O6Si. The van der Waals surface area contributed by atoms with Crippen LogP contribution in [-0.2, 0) is 27.5 Å². The molecule has 1 fully saturated rings. The Balaban J connectivity index is 0.00000312. The largest absolute Gasteiger partial charge is 1.00 e. The first-order valence-electron chi connectivity index (χ1n) is 8.40. The number of hydrogen-bond acceptors (Lipinski definition) is 7. The summed E-state index contributed by atoms with van der Waals surface area (Å²) in [5.74, 6) is -0.241. The highest BCUT2D eigenvalue weighted by molar-refractivity contribution is 6.60. The van der Waals surface area contributed by atoms with E-state index in [9.17, 15) is 4.79 Å². The third-order valence-electron chi connectivity index (χ3n) is 4.37. The van der Waals surface area contributed by atoms with Crippen LogP contribution in [0.15, 0.2) is 0 Å². The molecule has 0 radical (unpaired) electrons. The molecule has 0 aromatic carbocycles. The summed E-state index contributed by atoms with van der Waals surface area (Å²) in [6.45, 7) is 3.33. The summed E-state index contributed by atoms with van der Waals surface area (Å²) >= 11 is 0. The van der Waals surface area contributed by atoms with E-state index in [1.165, 1.54) is 0 Å². The van der Waals surface area contributed by atoms with Crippen LogP contribution in [0.4, 0.5) is 0 Å². The first kappa shape index (κ1) is 22.5. The lowest BCUT2D eigenvalue weighted by Crippen LogP contribution is -3.00. The van der Waals surface area contributed by atoms with E-state index in [2.05, 4.69) is 4.90 Å². The third-order valence-corrected chi connectivity index (χ3v) is 7.07. The van der Waals surface area contributed by atoms with Gasteiger partial charge in [-0.3, -0.25) is 9.48 Å². The molecule has 0 saturated carbocycles. The first-order valence-corrected chi connectivity index (χ1v) is 10.3. The van der Waals surface area contributed by atoms with Crippen LogP contribution in [0.2, 0.25) is 6.04 Å². The molecule has 10 heteroatoms. The highest BCUT2D eigenvalue weighted by Gasteiger charge is 2.39. The Morgan fingerprint density at radius 1 is 1.28 bits per heavy atom. The number of rotatable bonds is 9. The van der Waals surface area contributed by atoms with E-state index in [0.717, 1.165) is 38.9 Å². The molecule has 0 amide bonds. The summed E-state index contributed by atoms with van der Waals surface area (Å²) in [4.78, 5) is 14.1. The first-order chi connectivity index (χ1) is 11.6. The van der Waals surface area contributed by atoms with Gasteiger partial charge in [-0.05, 0) is 12.8 Å². The Morgan fingerprint density at radius 2 is 2.00 bits per heavy atom. The second kappa shape index (κ2) is 11.2. The van der Waals surface area contributed by atoms with Crippen molar-refractivity contribution >= 4 is 21.1 Å². The molecule has 2 aliphatic rings. The van der Waals surface area contributed by atoms with Crippen LogP contribution in [0.5, 0.6) is 0 Å². The number of carbonyl (C=O) groups is 1. The molecule has 8 nitrogen and oxygen atoms in total. The summed E-state index contributed by atoms with van der Waals surface area (Å²) in [6.07, 6.45) is 4.47. The van der Waals surface area contributed by atoms with E-state index < -0.39 is 8.80 Å². The molecule has 0 aromatic heterocycles. The minimum Gasteiger partial charge on any atom is -1.00 e. The summed E-state index contributed by atoms with van der Waals surface area (Å²) < 4.78 is 29.0. The van der Waals surface area contributed by atoms with Crippen molar-refractivity contribution in [2.75, 3.05) is 54.1 Å². The van der Waals surface area contributed by atoms with Gasteiger partial charge in [0.2, 0.25) is 12.6 Å². The Morgan fingerprint density at radius 3 is 2.60 bits per heavy atom. The summed E-state index contributed by atoms with van der Waals surface area (Å²) in [5, 5.41) is 0. The van der Waals surface area contributed by atoms with E-state index in [4.69, 9.17) is 22.8 Å². The summed E-state index contributed by atoms with van der Waals surface area (Å²) in [7, 11) is 2.28. The molecule has 2 aliphatic heterocycles. The molecule has 0 bridgehead atoms. The van der Waals surface area contributed by atoms with Crippen molar-refractivity contribution in [3.8, 4) is 0 Å². The lowest BCUT2D eigenvalue weighted by molar-refractivity contribution is -0.505. The van der Waals surface area contributed by atoms with Gasteiger partial charge in [0, 0.05) is 27.8 Å². The van der Waals surface area contributed by atoms with Crippen molar-refractivity contribution in [1.82, 2.24) is 4.90 Å². The van der Waals surface area contributed by atoms with Crippen molar-refractivity contribution in [3.05, 3.63) is 0 Å². The van der Waals surface area contributed by atoms with Gasteiger partial charge in [-0.2, -0.15) is 0 Å². The second-order valence-electron chi connectivity index (χ2n) is 5.95. The van der Waals surface area contributed by atoms with Crippen molar-refractivity contribution in [2.24, 2.45) is 0 Å². The van der Waals surface area contributed by atoms with Gasteiger partial charge in [0.25, 0.3) is 0 Å². The van der Waals surface area contributed by atoms with E-state index in [1.807, 2.05) is 10.9 Å². The lowest BCUT2D eigenvalue weighted by atomic mass is 10.2. The molecule has 1 unspecified atom stereocenters. The topological polar surface area (TPSA) is 69.5 Å². The van der Waals surface area contributed by atoms with Crippen molar-refractivity contribution in [2.45, 2.75) is 31.6 Å². The molecule has 1 saturated heterocycles. The van der Waals surface area contributed by atoms with Crippen molar-refractivity contribution in [3.63, 3.8) is 0 Å². The zero-order valence-electron chi connectivity index (χ0n) is 15.2. The van der Waals surface area contributed by atoms with Gasteiger partial charge in [-0.25, -0.2) is 4.79 Å². The molecule has 25 heavy (non-hydrogen) atoms. The van der Waals surface area contributed by atoms with Gasteiger partial charge in [0.05, 0.1) is 19.2 Å². The number of carbonyl (C=O) groups excluding carboxylic acids is 1. The van der Waals surface area contributed by atoms with Gasteiger partial charge >= 0.3 is 14.8 Å². The van der Waals surface area contributed by atoms with Crippen molar-refractivity contribution < 1.29 is 49.1 Å². The molecule has 0 spiro atoms. The van der Waals surface area contributed by atoms with Crippen LogP contribution in [0.25, 0.3) is 0 Å². The summed E-state index contributed by atoms with van der Waals surface area (Å²) in [5.41, 5.74) is 0. The number of ether oxygens (including phenoxy) is 2. The lowest BCUT2D eigenvalue weighted by Gasteiger charge is -2.24. The quantitative estimate of drug-likeness (QED) is 0.219. The molecule has 146 valence electrons. The maximum absolute atomic E-state index is 12.0. The Kier molecular flexibility index (Phi) is 10.1. The maximum Gasteiger partial charge on any atom is 0.504 e. The zero-order valence-corrected chi connectivity index (χ0v) is 17.8.